The molecule has 10 heteroatoms. The van der Waals surface area contributed by atoms with Gasteiger partial charge in [0, 0.05) is 49.6 Å². The fourth-order valence-electron chi connectivity index (χ4n) is 4.59. The third kappa shape index (κ3) is 5.87. The maximum atomic E-state index is 13.7. The van der Waals surface area contributed by atoms with E-state index in [9.17, 15) is 22.0 Å². The standard InChI is InChI=1S/C24H27ClF2N2O4S/c25-18-5-4-6-21(12-18)33-23-7-10-29(34(31,32)22-14-19(26)13-20(27)15-22)16-17(23)11-24(30)28-8-2-1-3-9-28/h4-6,12-15,17,23H,1-3,7-11,16H2/t17-,23-/m0/s1. The van der Waals surface area contributed by atoms with Crippen molar-refractivity contribution in [2.45, 2.75) is 43.1 Å². The van der Waals surface area contributed by atoms with Crippen molar-refractivity contribution in [3.63, 3.8) is 0 Å². The smallest absolute Gasteiger partial charge is 0.243 e. The van der Waals surface area contributed by atoms with Gasteiger partial charge in [-0.3, -0.25) is 4.79 Å². The van der Waals surface area contributed by atoms with Gasteiger partial charge in [-0.05, 0) is 56.0 Å². The van der Waals surface area contributed by atoms with Crippen molar-refractivity contribution in [2.75, 3.05) is 26.2 Å². The third-order valence-corrected chi connectivity index (χ3v) is 8.41. The first kappa shape index (κ1) is 24.9. The summed E-state index contributed by atoms with van der Waals surface area (Å²) in [5.41, 5.74) is 0. The molecular formula is C24H27ClF2N2O4S. The lowest BCUT2D eigenvalue weighted by molar-refractivity contribution is -0.134. The number of halogens is 3. The van der Waals surface area contributed by atoms with E-state index < -0.39 is 38.6 Å². The van der Waals surface area contributed by atoms with Crippen molar-refractivity contribution >= 4 is 27.5 Å². The SMILES string of the molecule is O=C(C[C@H]1CN(S(=O)(=O)c2cc(F)cc(F)c2)CC[C@@H]1Oc1cccc(Cl)c1)N1CCCCC1. The number of carbonyl (C=O) groups excluding carboxylic acids is 1. The van der Waals surface area contributed by atoms with Crippen LogP contribution in [0.5, 0.6) is 5.75 Å². The zero-order chi connectivity index (χ0) is 24.3. The highest BCUT2D eigenvalue weighted by atomic mass is 35.5. The van der Waals surface area contributed by atoms with E-state index in [-0.39, 0.29) is 25.4 Å². The van der Waals surface area contributed by atoms with Crippen molar-refractivity contribution < 1.29 is 26.7 Å². The quantitative estimate of drug-likeness (QED) is 0.572. The van der Waals surface area contributed by atoms with Gasteiger partial charge >= 0.3 is 0 Å². The molecule has 2 aliphatic heterocycles. The maximum Gasteiger partial charge on any atom is 0.243 e. The second-order valence-corrected chi connectivity index (χ2v) is 11.2. The van der Waals surface area contributed by atoms with Gasteiger partial charge in [0.05, 0.1) is 4.90 Å². The fraction of sp³-hybridized carbons (Fsp3) is 0.458. The van der Waals surface area contributed by atoms with Crippen molar-refractivity contribution in [3.8, 4) is 5.75 Å². The van der Waals surface area contributed by atoms with Gasteiger partial charge in [-0.15, -0.1) is 0 Å². The average molecular weight is 513 g/mol. The molecular weight excluding hydrogens is 486 g/mol. The summed E-state index contributed by atoms with van der Waals surface area (Å²) in [5.74, 6) is -1.86. The highest BCUT2D eigenvalue weighted by Gasteiger charge is 2.39. The number of piperidine rings is 2. The van der Waals surface area contributed by atoms with E-state index in [2.05, 4.69) is 0 Å². The monoisotopic (exact) mass is 512 g/mol. The van der Waals surface area contributed by atoms with Crippen LogP contribution in [0, 0.1) is 17.6 Å². The summed E-state index contributed by atoms with van der Waals surface area (Å²) in [6, 6.07) is 9.15. The van der Waals surface area contributed by atoms with E-state index >= 15 is 0 Å². The number of ether oxygens (including phenoxy) is 1. The lowest BCUT2D eigenvalue weighted by atomic mass is 9.91. The van der Waals surface area contributed by atoms with Crippen molar-refractivity contribution in [2.24, 2.45) is 5.92 Å². The van der Waals surface area contributed by atoms with Crippen LogP contribution in [0.1, 0.15) is 32.1 Å². The van der Waals surface area contributed by atoms with Gasteiger partial charge in [-0.1, -0.05) is 17.7 Å². The van der Waals surface area contributed by atoms with Gasteiger partial charge in [-0.2, -0.15) is 4.31 Å². The first-order chi connectivity index (χ1) is 16.2. The number of rotatable bonds is 6. The second-order valence-electron chi connectivity index (χ2n) is 8.78. The lowest BCUT2D eigenvalue weighted by Gasteiger charge is -2.38. The minimum absolute atomic E-state index is 0.00524. The summed E-state index contributed by atoms with van der Waals surface area (Å²) in [6.07, 6.45) is 3.01. The normalized spacial score (nSPS) is 21.9. The van der Waals surface area contributed by atoms with E-state index in [1.54, 1.807) is 24.3 Å². The summed E-state index contributed by atoms with van der Waals surface area (Å²) >= 11 is 6.07. The zero-order valence-corrected chi connectivity index (χ0v) is 20.2. The Morgan fingerprint density at radius 2 is 1.74 bits per heavy atom. The van der Waals surface area contributed by atoms with E-state index in [0.717, 1.165) is 31.4 Å². The zero-order valence-electron chi connectivity index (χ0n) is 18.6. The first-order valence-electron chi connectivity index (χ1n) is 11.4. The van der Waals surface area contributed by atoms with Crippen LogP contribution in [0.25, 0.3) is 0 Å². The second kappa shape index (κ2) is 10.6. The summed E-state index contributed by atoms with van der Waals surface area (Å²) in [5, 5.41) is 0.506. The number of likely N-dealkylation sites (tertiary alicyclic amines) is 1. The Morgan fingerprint density at radius 1 is 1.03 bits per heavy atom. The van der Waals surface area contributed by atoms with Gasteiger partial charge in [-0.25, -0.2) is 17.2 Å². The van der Waals surface area contributed by atoms with Crippen LogP contribution in [-0.2, 0) is 14.8 Å². The molecule has 2 aliphatic rings. The Bertz CT molecular complexity index is 1120. The van der Waals surface area contributed by atoms with Crippen LogP contribution in [-0.4, -0.2) is 55.8 Å². The number of sulfonamides is 1. The van der Waals surface area contributed by atoms with Crippen LogP contribution in [0.3, 0.4) is 0 Å². The van der Waals surface area contributed by atoms with Crippen LogP contribution in [0.4, 0.5) is 8.78 Å². The van der Waals surface area contributed by atoms with Crippen molar-refractivity contribution in [1.82, 2.24) is 9.21 Å². The molecule has 0 unspecified atom stereocenters. The Balaban J connectivity index is 1.56. The van der Waals surface area contributed by atoms with Gasteiger partial charge in [0.2, 0.25) is 15.9 Å². The topological polar surface area (TPSA) is 66.9 Å². The number of hydrogen-bond donors (Lipinski definition) is 0. The molecule has 2 saturated heterocycles. The summed E-state index contributed by atoms with van der Waals surface area (Å²) in [7, 11) is -4.15. The summed E-state index contributed by atoms with van der Waals surface area (Å²) < 4.78 is 61.1. The minimum atomic E-state index is -4.15. The molecule has 0 radical (unpaired) electrons. The molecule has 2 atom stereocenters. The molecule has 2 aromatic carbocycles. The number of nitrogens with zero attached hydrogens (tertiary/aromatic N) is 2. The molecule has 2 heterocycles. The van der Waals surface area contributed by atoms with Crippen LogP contribution < -0.4 is 4.74 Å². The first-order valence-corrected chi connectivity index (χ1v) is 13.2. The van der Waals surface area contributed by atoms with E-state index in [0.29, 0.717) is 36.3 Å². The molecule has 0 bridgehead atoms. The Labute approximate surface area is 203 Å². The molecule has 2 fully saturated rings. The largest absolute Gasteiger partial charge is 0.490 e. The van der Waals surface area contributed by atoms with Crippen LogP contribution >= 0.6 is 11.6 Å². The van der Waals surface area contributed by atoms with E-state index in [1.165, 1.54) is 4.31 Å². The molecule has 34 heavy (non-hydrogen) atoms. The van der Waals surface area contributed by atoms with E-state index in [4.69, 9.17) is 16.3 Å². The Hall–Kier alpha value is -2.23. The number of benzene rings is 2. The number of amides is 1. The lowest BCUT2D eigenvalue weighted by Crippen LogP contribution is -2.49. The van der Waals surface area contributed by atoms with Crippen molar-refractivity contribution in [1.29, 1.82) is 0 Å². The highest BCUT2D eigenvalue weighted by molar-refractivity contribution is 7.89. The summed E-state index contributed by atoms with van der Waals surface area (Å²) in [4.78, 5) is 14.4. The van der Waals surface area contributed by atoms with Gasteiger partial charge < -0.3 is 9.64 Å². The molecule has 2 aromatic rings. The summed E-state index contributed by atoms with van der Waals surface area (Å²) in [6.45, 7) is 1.48. The molecule has 184 valence electrons. The van der Waals surface area contributed by atoms with Gasteiger partial charge in [0.1, 0.15) is 23.5 Å². The van der Waals surface area contributed by atoms with Gasteiger partial charge in [0.15, 0.2) is 0 Å². The molecule has 0 aromatic heterocycles. The predicted octanol–water partition coefficient (Wildman–Crippen LogP) is 4.48. The fourth-order valence-corrected chi connectivity index (χ4v) is 6.32. The molecule has 0 spiro atoms. The highest BCUT2D eigenvalue weighted by Crippen LogP contribution is 2.31. The molecule has 4 rings (SSSR count). The average Bonchev–Trinajstić information content (AvgIpc) is 2.80. The Morgan fingerprint density at radius 3 is 2.41 bits per heavy atom. The minimum Gasteiger partial charge on any atom is -0.490 e. The third-order valence-electron chi connectivity index (χ3n) is 6.33. The molecule has 0 saturated carbocycles. The van der Waals surface area contributed by atoms with Gasteiger partial charge in [0.25, 0.3) is 0 Å². The maximum absolute atomic E-state index is 13.7. The molecule has 0 aliphatic carbocycles. The Kier molecular flexibility index (Phi) is 7.74. The van der Waals surface area contributed by atoms with Crippen molar-refractivity contribution in [3.05, 3.63) is 59.1 Å². The molecule has 0 N–H and O–H groups in total. The van der Waals surface area contributed by atoms with Crippen LogP contribution in [0.15, 0.2) is 47.4 Å². The van der Waals surface area contributed by atoms with Crippen LogP contribution in [0.2, 0.25) is 5.02 Å². The molecule has 1 amide bonds. The number of carbonyl (C=O) groups is 1. The molecule has 6 nitrogen and oxygen atoms in total. The number of hydrogen-bond acceptors (Lipinski definition) is 4. The predicted molar refractivity (Wildman–Crippen MR) is 124 cm³/mol. The van der Waals surface area contributed by atoms with E-state index in [1.807, 2.05) is 4.90 Å².